The van der Waals surface area contributed by atoms with Crippen LogP contribution in [0.1, 0.15) is 37.6 Å². The Morgan fingerprint density at radius 2 is 1.78 bits per heavy atom. The Hall–Kier alpha value is -1.84. The van der Waals surface area contributed by atoms with Crippen molar-refractivity contribution in [2.24, 2.45) is 0 Å². The maximum Gasteiger partial charge on any atom is 0.314 e. The summed E-state index contributed by atoms with van der Waals surface area (Å²) in [5, 5.41) is 0. The number of Topliss-reactive ketones (excluding diaryl/α,β-unsaturated/α-hetero) is 1. The molecule has 0 saturated heterocycles. The zero-order chi connectivity index (χ0) is 13.8. The Labute approximate surface area is 107 Å². The molecule has 0 aliphatic carbocycles. The van der Waals surface area contributed by atoms with E-state index in [0.29, 0.717) is 11.3 Å². The van der Waals surface area contributed by atoms with Crippen molar-refractivity contribution in [3.05, 3.63) is 29.8 Å². The first-order valence-electron chi connectivity index (χ1n) is 5.71. The third kappa shape index (κ3) is 4.20. The van der Waals surface area contributed by atoms with E-state index >= 15 is 0 Å². The van der Waals surface area contributed by atoms with Gasteiger partial charge in [-0.1, -0.05) is 12.1 Å². The van der Waals surface area contributed by atoms with Crippen LogP contribution in [0.3, 0.4) is 0 Å². The van der Waals surface area contributed by atoms with Crippen LogP contribution in [0, 0.1) is 0 Å². The maximum atomic E-state index is 11.9. The molecule has 0 amide bonds. The van der Waals surface area contributed by atoms with Gasteiger partial charge < -0.3 is 9.47 Å². The molecule has 0 aliphatic heterocycles. The average molecular weight is 250 g/mol. The molecule has 4 heteroatoms. The first-order chi connectivity index (χ1) is 8.33. The smallest absolute Gasteiger partial charge is 0.314 e. The Balaban J connectivity index is 2.74. The summed E-state index contributed by atoms with van der Waals surface area (Å²) >= 11 is 0. The summed E-state index contributed by atoms with van der Waals surface area (Å²) in [6, 6.07) is 6.81. The number of ether oxygens (including phenoxy) is 2. The SMILES string of the molecule is COc1ccccc1C(=O)CC(=O)OC(C)(C)C. The zero-order valence-electron chi connectivity index (χ0n) is 11.1. The van der Waals surface area contributed by atoms with E-state index in [1.165, 1.54) is 7.11 Å². The topological polar surface area (TPSA) is 52.6 Å². The summed E-state index contributed by atoms with van der Waals surface area (Å²) in [6.07, 6.45) is -0.280. The molecular formula is C14H18O4. The van der Waals surface area contributed by atoms with Gasteiger partial charge in [0, 0.05) is 0 Å². The second-order valence-corrected chi connectivity index (χ2v) is 4.89. The molecule has 0 radical (unpaired) electrons. The Morgan fingerprint density at radius 3 is 2.33 bits per heavy atom. The first-order valence-corrected chi connectivity index (χ1v) is 5.71. The maximum absolute atomic E-state index is 11.9. The molecule has 0 spiro atoms. The number of ketones is 1. The number of methoxy groups -OCH3 is 1. The van der Waals surface area contributed by atoms with E-state index in [1.54, 1.807) is 45.0 Å². The van der Waals surface area contributed by atoms with Gasteiger partial charge in [-0.05, 0) is 32.9 Å². The van der Waals surface area contributed by atoms with Crippen LogP contribution in [0.15, 0.2) is 24.3 Å². The van der Waals surface area contributed by atoms with Crippen LogP contribution in [0.4, 0.5) is 0 Å². The standard InChI is InChI=1S/C14H18O4/c1-14(2,3)18-13(16)9-11(15)10-7-5-6-8-12(10)17-4/h5-8H,9H2,1-4H3. The van der Waals surface area contributed by atoms with Gasteiger partial charge in [-0.15, -0.1) is 0 Å². The van der Waals surface area contributed by atoms with Gasteiger partial charge in [0.25, 0.3) is 0 Å². The average Bonchev–Trinajstić information content (AvgIpc) is 2.26. The molecule has 0 N–H and O–H groups in total. The van der Waals surface area contributed by atoms with Gasteiger partial charge >= 0.3 is 5.97 Å². The van der Waals surface area contributed by atoms with E-state index < -0.39 is 11.6 Å². The van der Waals surface area contributed by atoms with Gasteiger partial charge in [0.2, 0.25) is 0 Å². The highest BCUT2D eigenvalue weighted by Crippen LogP contribution is 2.19. The first kappa shape index (κ1) is 14.2. The molecular weight excluding hydrogens is 232 g/mol. The molecule has 0 saturated carbocycles. The molecule has 0 heterocycles. The predicted molar refractivity (Wildman–Crippen MR) is 67.8 cm³/mol. The summed E-state index contributed by atoms with van der Waals surface area (Å²) in [5.74, 6) is -0.369. The van der Waals surface area contributed by atoms with Crippen molar-refractivity contribution in [3.8, 4) is 5.75 Å². The van der Waals surface area contributed by atoms with Crippen LogP contribution < -0.4 is 4.74 Å². The van der Waals surface area contributed by atoms with Crippen molar-refractivity contribution in [2.45, 2.75) is 32.8 Å². The van der Waals surface area contributed by atoms with Crippen LogP contribution in [0.2, 0.25) is 0 Å². The molecule has 0 aromatic heterocycles. The van der Waals surface area contributed by atoms with Crippen LogP contribution in [0.5, 0.6) is 5.75 Å². The summed E-state index contributed by atoms with van der Waals surface area (Å²) in [5.41, 5.74) is -0.191. The van der Waals surface area contributed by atoms with Crippen molar-refractivity contribution < 1.29 is 19.1 Å². The fourth-order valence-electron chi connectivity index (χ4n) is 1.48. The van der Waals surface area contributed by atoms with Gasteiger partial charge in [-0.3, -0.25) is 9.59 Å². The quantitative estimate of drug-likeness (QED) is 0.468. The van der Waals surface area contributed by atoms with Gasteiger partial charge in [0.05, 0.1) is 12.7 Å². The number of para-hydroxylation sites is 1. The molecule has 98 valence electrons. The number of benzene rings is 1. The molecule has 0 atom stereocenters. The second-order valence-electron chi connectivity index (χ2n) is 4.89. The molecule has 0 fully saturated rings. The molecule has 1 aromatic rings. The Morgan fingerprint density at radius 1 is 1.17 bits per heavy atom. The fourth-order valence-corrected chi connectivity index (χ4v) is 1.48. The monoisotopic (exact) mass is 250 g/mol. The zero-order valence-corrected chi connectivity index (χ0v) is 11.1. The fraction of sp³-hybridized carbons (Fsp3) is 0.429. The molecule has 4 nitrogen and oxygen atoms in total. The third-order valence-corrected chi connectivity index (χ3v) is 2.13. The molecule has 0 aliphatic rings. The van der Waals surface area contributed by atoms with Crippen molar-refractivity contribution in [1.82, 2.24) is 0 Å². The number of hydrogen-bond donors (Lipinski definition) is 0. The Bertz CT molecular complexity index is 443. The molecule has 1 rings (SSSR count). The summed E-state index contributed by atoms with van der Waals surface area (Å²) in [4.78, 5) is 23.5. The van der Waals surface area contributed by atoms with Crippen LogP contribution in [-0.4, -0.2) is 24.5 Å². The van der Waals surface area contributed by atoms with E-state index in [4.69, 9.17) is 9.47 Å². The summed E-state index contributed by atoms with van der Waals surface area (Å²) in [7, 11) is 1.49. The van der Waals surface area contributed by atoms with Gasteiger partial charge in [0.1, 0.15) is 17.8 Å². The van der Waals surface area contributed by atoms with Crippen LogP contribution >= 0.6 is 0 Å². The largest absolute Gasteiger partial charge is 0.496 e. The van der Waals surface area contributed by atoms with E-state index in [2.05, 4.69) is 0 Å². The van der Waals surface area contributed by atoms with Crippen molar-refractivity contribution >= 4 is 11.8 Å². The lowest BCUT2D eigenvalue weighted by atomic mass is 10.1. The predicted octanol–water partition coefficient (Wildman–Crippen LogP) is 2.61. The summed E-state index contributed by atoms with van der Waals surface area (Å²) in [6.45, 7) is 5.29. The lowest BCUT2D eigenvalue weighted by molar-refractivity contribution is -0.153. The van der Waals surface area contributed by atoms with Crippen molar-refractivity contribution in [1.29, 1.82) is 0 Å². The minimum Gasteiger partial charge on any atom is -0.496 e. The van der Waals surface area contributed by atoms with Gasteiger partial charge in [-0.2, -0.15) is 0 Å². The molecule has 18 heavy (non-hydrogen) atoms. The third-order valence-electron chi connectivity index (χ3n) is 2.13. The number of carbonyl (C=O) groups is 2. The highest BCUT2D eigenvalue weighted by molar-refractivity contribution is 6.07. The molecule has 1 aromatic carbocycles. The Kier molecular flexibility index (Phi) is 4.48. The highest BCUT2D eigenvalue weighted by Gasteiger charge is 2.21. The minimum absolute atomic E-state index is 0.280. The van der Waals surface area contributed by atoms with E-state index in [9.17, 15) is 9.59 Å². The van der Waals surface area contributed by atoms with Crippen LogP contribution in [0.25, 0.3) is 0 Å². The van der Waals surface area contributed by atoms with E-state index in [-0.39, 0.29) is 12.2 Å². The normalized spacial score (nSPS) is 10.9. The minimum atomic E-state index is -0.585. The van der Waals surface area contributed by atoms with E-state index in [0.717, 1.165) is 0 Å². The number of carbonyl (C=O) groups excluding carboxylic acids is 2. The lowest BCUT2D eigenvalue weighted by Crippen LogP contribution is -2.25. The molecule has 0 bridgehead atoms. The van der Waals surface area contributed by atoms with Gasteiger partial charge in [-0.25, -0.2) is 0 Å². The van der Waals surface area contributed by atoms with E-state index in [1.807, 2.05) is 0 Å². The second kappa shape index (κ2) is 5.67. The number of esters is 1. The van der Waals surface area contributed by atoms with Gasteiger partial charge in [0.15, 0.2) is 5.78 Å². The number of hydrogen-bond acceptors (Lipinski definition) is 4. The molecule has 0 unspecified atom stereocenters. The van der Waals surface area contributed by atoms with Crippen LogP contribution in [-0.2, 0) is 9.53 Å². The van der Waals surface area contributed by atoms with Crippen molar-refractivity contribution in [3.63, 3.8) is 0 Å². The van der Waals surface area contributed by atoms with Crippen molar-refractivity contribution in [2.75, 3.05) is 7.11 Å². The summed E-state index contributed by atoms with van der Waals surface area (Å²) < 4.78 is 10.2. The lowest BCUT2D eigenvalue weighted by Gasteiger charge is -2.19. The highest BCUT2D eigenvalue weighted by atomic mass is 16.6. The number of rotatable bonds is 4.